The highest BCUT2D eigenvalue weighted by Crippen LogP contribution is 2.37. The van der Waals surface area contributed by atoms with Gasteiger partial charge in [0.15, 0.2) is 0 Å². The average Bonchev–Trinajstić information content (AvgIpc) is 2.61. The van der Waals surface area contributed by atoms with Crippen LogP contribution in [0, 0.1) is 0 Å². The van der Waals surface area contributed by atoms with E-state index in [1.165, 1.54) is 5.56 Å². The molecule has 2 aromatic carbocycles. The van der Waals surface area contributed by atoms with E-state index >= 15 is 0 Å². The van der Waals surface area contributed by atoms with Crippen molar-refractivity contribution < 1.29 is 14.6 Å². The molecule has 24 heavy (non-hydrogen) atoms. The van der Waals surface area contributed by atoms with Crippen LogP contribution in [0.15, 0.2) is 42.5 Å². The predicted molar refractivity (Wildman–Crippen MR) is 94.8 cm³/mol. The summed E-state index contributed by atoms with van der Waals surface area (Å²) in [5.74, 6) is 1.06. The highest BCUT2D eigenvalue weighted by atomic mass is 16.5. The number of nitrogens with zero attached hydrogens (tertiary/aromatic N) is 1. The number of carbonyl (C=O) groups is 1. The Bertz CT molecular complexity index is 737. The Balaban J connectivity index is 1.95. The number of benzene rings is 2. The van der Waals surface area contributed by atoms with Crippen LogP contribution in [-0.2, 0) is 0 Å². The molecule has 1 amide bonds. The van der Waals surface area contributed by atoms with Crippen LogP contribution >= 0.6 is 0 Å². The van der Waals surface area contributed by atoms with Crippen LogP contribution in [0.4, 0.5) is 5.69 Å². The first-order valence-electron chi connectivity index (χ1n) is 8.29. The lowest BCUT2D eigenvalue weighted by atomic mass is 9.97. The van der Waals surface area contributed by atoms with Crippen LogP contribution in [0.25, 0.3) is 0 Å². The molecule has 1 atom stereocenters. The minimum atomic E-state index is -0.543. The zero-order chi connectivity index (χ0) is 17.3. The molecule has 2 aromatic rings. The lowest BCUT2D eigenvalue weighted by Crippen LogP contribution is -2.36. The summed E-state index contributed by atoms with van der Waals surface area (Å²) in [6.45, 7) is 4.75. The lowest BCUT2D eigenvalue weighted by Gasteiger charge is -2.32. The van der Waals surface area contributed by atoms with Crippen molar-refractivity contribution in [2.75, 3.05) is 18.6 Å². The summed E-state index contributed by atoms with van der Waals surface area (Å²) >= 11 is 0. The first-order valence-corrected chi connectivity index (χ1v) is 8.29. The number of ether oxygens (including phenoxy) is 1. The molecule has 0 fully saturated rings. The van der Waals surface area contributed by atoms with Gasteiger partial charge in [-0.05, 0) is 36.1 Å². The molecule has 1 N–H and O–H groups in total. The molecule has 0 saturated heterocycles. The molecule has 1 aliphatic heterocycles. The third-order valence-electron chi connectivity index (χ3n) is 4.58. The van der Waals surface area contributed by atoms with Crippen molar-refractivity contribution in [2.24, 2.45) is 0 Å². The van der Waals surface area contributed by atoms with Crippen molar-refractivity contribution in [3.8, 4) is 5.75 Å². The third kappa shape index (κ3) is 3.02. The molecule has 0 bridgehead atoms. The Morgan fingerprint density at radius 3 is 2.54 bits per heavy atom. The minimum Gasteiger partial charge on any atom is -0.497 e. The molecule has 126 valence electrons. The van der Waals surface area contributed by atoms with Gasteiger partial charge in [0, 0.05) is 23.7 Å². The first kappa shape index (κ1) is 16.5. The summed E-state index contributed by atoms with van der Waals surface area (Å²) in [7, 11) is 1.60. The summed E-state index contributed by atoms with van der Waals surface area (Å²) < 4.78 is 5.27. The molecule has 4 nitrogen and oxygen atoms in total. The van der Waals surface area contributed by atoms with Gasteiger partial charge in [0.05, 0.1) is 18.9 Å². The van der Waals surface area contributed by atoms with Crippen molar-refractivity contribution in [1.82, 2.24) is 0 Å². The van der Waals surface area contributed by atoms with Crippen LogP contribution in [0.1, 0.15) is 53.8 Å². The van der Waals surface area contributed by atoms with E-state index in [0.29, 0.717) is 30.2 Å². The molecule has 0 saturated carbocycles. The van der Waals surface area contributed by atoms with Crippen molar-refractivity contribution >= 4 is 11.6 Å². The summed E-state index contributed by atoms with van der Waals surface area (Å²) in [5.41, 5.74) is 3.37. The molecule has 3 rings (SSSR count). The molecule has 0 aliphatic carbocycles. The van der Waals surface area contributed by atoms with Crippen LogP contribution in [-0.4, -0.2) is 24.7 Å². The van der Waals surface area contributed by atoms with Gasteiger partial charge in [-0.3, -0.25) is 4.79 Å². The zero-order valence-corrected chi connectivity index (χ0v) is 14.3. The number of aliphatic hydroxyl groups is 1. The first-order chi connectivity index (χ1) is 11.5. The second-order valence-electron chi connectivity index (χ2n) is 6.46. The van der Waals surface area contributed by atoms with E-state index < -0.39 is 6.10 Å². The molecule has 0 aromatic heterocycles. The number of aliphatic hydroxyl groups excluding tert-OH is 1. The number of hydrogen-bond acceptors (Lipinski definition) is 3. The Morgan fingerprint density at radius 1 is 1.21 bits per heavy atom. The molecule has 0 radical (unpaired) electrons. The third-order valence-corrected chi connectivity index (χ3v) is 4.58. The number of fused-ring (bicyclic) bond motifs is 1. The van der Waals surface area contributed by atoms with Gasteiger partial charge in [-0.2, -0.15) is 0 Å². The summed E-state index contributed by atoms with van der Waals surface area (Å²) in [4.78, 5) is 14.7. The molecule has 1 heterocycles. The second kappa shape index (κ2) is 6.65. The number of methoxy groups -OCH3 is 1. The van der Waals surface area contributed by atoms with E-state index in [4.69, 9.17) is 4.74 Å². The molecule has 4 heteroatoms. The van der Waals surface area contributed by atoms with E-state index in [2.05, 4.69) is 13.8 Å². The number of amides is 1. The second-order valence-corrected chi connectivity index (χ2v) is 6.46. The van der Waals surface area contributed by atoms with E-state index in [0.717, 1.165) is 11.3 Å². The molecule has 0 spiro atoms. The fourth-order valence-electron chi connectivity index (χ4n) is 3.07. The van der Waals surface area contributed by atoms with E-state index in [1.54, 1.807) is 12.0 Å². The maximum absolute atomic E-state index is 13.0. The predicted octanol–water partition coefficient (Wildman–Crippen LogP) is 3.90. The summed E-state index contributed by atoms with van der Waals surface area (Å²) in [6.07, 6.45) is -0.00641. The van der Waals surface area contributed by atoms with Crippen LogP contribution in [0.2, 0.25) is 0 Å². The van der Waals surface area contributed by atoms with Gasteiger partial charge < -0.3 is 14.7 Å². The number of hydrogen-bond donors (Lipinski definition) is 1. The van der Waals surface area contributed by atoms with Gasteiger partial charge >= 0.3 is 0 Å². The van der Waals surface area contributed by atoms with Crippen molar-refractivity contribution in [3.05, 3.63) is 59.2 Å². The smallest absolute Gasteiger partial charge is 0.258 e. The largest absolute Gasteiger partial charge is 0.497 e. The van der Waals surface area contributed by atoms with Crippen molar-refractivity contribution in [1.29, 1.82) is 0 Å². The maximum Gasteiger partial charge on any atom is 0.258 e. The fourth-order valence-corrected chi connectivity index (χ4v) is 3.07. The minimum absolute atomic E-state index is 0.0493. The molecule has 1 aliphatic rings. The topological polar surface area (TPSA) is 49.8 Å². The standard InChI is InChI=1S/C20H23NO3/c1-13(2)14-4-6-15(7-5-14)20(23)21-11-10-19(22)17-9-8-16(24-3)12-18(17)21/h4-9,12-13,19,22H,10-11H2,1-3H3. The summed E-state index contributed by atoms with van der Waals surface area (Å²) in [5, 5.41) is 10.2. The van der Waals surface area contributed by atoms with E-state index in [1.807, 2.05) is 42.5 Å². The molecule has 1 unspecified atom stereocenters. The lowest BCUT2D eigenvalue weighted by molar-refractivity contribution is 0.0970. The molecular weight excluding hydrogens is 302 g/mol. The number of carbonyl (C=O) groups excluding carboxylic acids is 1. The van der Waals surface area contributed by atoms with Crippen molar-refractivity contribution in [2.45, 2.75) is 32.3 Å². The van der Waals surface area contributed by atoms with Gasteiger partial charge in [-0.1, -0.05) is 32.0 Å². The van der Waals surface area contributed by atoms with Gasteiger partial charge in [0.1, 0.15) is 5.75 Å². The number of anilines is 1. The Kier molecular flexibility index (Phi) is 4.58. The van der Waals surface area contributed by atoms with Crippen molar-refractivity contribution in [3.63, 3.8) is 0 Å². The zero-order valence-electron chi connectivity index (χ0n) is 14.3. The van der Waals surface area contributed by atoms with Gasteiger partial charge in [-0.25, -0.2) is 0 Å². The van der Waals surface area contributed by atoms with E-state index in [9.17, 15) is 9.90 Å². The van der Waals surface area contributed by atoms with E-state index in [-0.39, 0.29) is 5.91 Å². The highest BCUT2D eigenvalue weighted by molar-refractivity contribution is 6.07. The molecular formula is C20H23NO3. The van der Waals surface area contributed by atoms with Crippen LogP contribution < -0.4 is 9.64 Å². The van der Waals surface area contributed by atoms with Gasteiger partial charge in [0.25, 0.3) is 5.91 Å². The van der Waals surface area contributed by atoms with Crippen LogP contribution in [0.3, 0.4) is 0 Å². The Morgan fingerprint density at radius 2 is 1.92 bits per heavy atom. The quantitative estimate of drug-likeness (QED) is 0.931. The average molecular weight is 325 g/mol. The number of rotatable bonds is 3. The highest BCUT2D eigenvalue weighted by Gasteiger charge is 2.28. The monoisotopic (exact) mass is 325 g/mol. The Hall–Kier alpha value is -2.33. The fraction of sp³-hybridized carbons (Fsp3) is 0.350. The summed E-state index contributed by atoms with van der Waals surface area (Å²) in [6, 6.07) is 13.2. The Labute approximate surface area is 142 Å². The maximum atomic E-state index is 13.0. The van der Waals surface area contributed by atoms with Crippen LogP contribution in [0.5, 0.6) is 5.75 Å². The normalized spacial score (nSPS) is 16.9. The SMILES string of the molecule is COc1ccc2c(c1)N(C(=O)c1ccc(C(C)C)cc1)CCC2O. The van der Waals surface area contributed by atoms with Gasteiger partial charge in [-0.15, -0.1) is 0 Å². The van der Waals surface area contributed by atoms with Gasteiger partial charge in [0.2, 0.25) is 0 Å².